The van der Waals surface area contributed by atoms with Gasteiger partial charge in [0.25, 0.3) is 5.91 Å². The van der Waals surface area contributed by atoms with Crippen LogP contribution >= 0.6 is 0 Å². The van der Waals surface area contributed by atoms with E-state index >= 15 is 0 Å². The Morgan fingerprint density at radius 2 is 1.64 bits per heavy atom. The Hall–Kier alpha value is -5.03. The average molecular weight is 587 g/mol. The van der Waals surface area contributed by atoms with Crippen LogP contribution < -0.4 is 15.1 Å². The van der Waals surface area contributed by atoms with Crippen molar-refractivity contribution in [3.05, 3.63) is 106 Å². The maximum atomic E-state index is 14.5. The monoisotopic (exact) mass is 586 g/mol. The van der Waals surface area contributed by atoms with Gasteiger partial charge in [0.2, 0.25) is 11.8 Å². The van der Waals surface area contributed by atoms with Crippen LogP contribution in [-0.2, 0) is 22.4 Å². The Balaban J connectivity index is 1.03. The van der Waals surface area contributed by atoms with Gasteiger partial charge in [-0.05, 0) is 90.4 Å². The first-order valence-corrected chi connectivity index (χ1v) is 15.1. The number of amides is 3. The Bertz CT molecular complexity index is 1850. The minimum atomic E-state index is -0.696. The number of carbonyl (C=O) groups is 3. The molecule has 0 saturated carbocycles. The second-order valence-electron chi connectivity index (χ2n) is 12.0. The molecule has 4 aromatic carbocycles. The van der Waals surface area contributed by atoms with E-state index in [-0.39, 0.29) is 24.1 Å². The standard InChI is InChI=1S/C36H31FN4O3/c37-29-20-25(21-38)8-10-30(29)40-16-14-24(15-17-40)18-22-4-6-23(7-5-22)19-26-9-11-31-34-27(26)2-1-3-28(34)36(44)41(31)32-12-13-33(42)39-35(32)43/h1-11,20,24,32H,12-19H2,(H,39,42,43). The second-order valence-corrected chi connectivity index (χ2v) is 12.0. The number of benzene rings is 4. The number of rotatable bonds is 6. The summed E-state index contributed by atoms with van der Waals surface area (Å²) in [6.45, 7) is 1.58. The molecule has 0 spiro atoms. The first kappa shape index (κ1) is 27.8. The lowest BCUT2D eigenvalue weighted by molar-refractivity contribution is -0.134. The van der Waals surface area contributed by atoms with Gasteiger partial charge in [0.05, 0.1) is 23.0 Å². The number of nitriles is 1. The summed E-state index contributed by atoms with van der Waals surface area (Å²) in [5.41, 5.74) is 5.79. The van der Waals surface area contributed by atoms with E-state index in [1.54, 1.807) is 17.0 Å². The zero-order chi connectivity index (χ0) is 30.4. The molecular weight excluding hydrogens is 555 g/mol. The van der Waals surface area contributed by atoms with Crippen molar-refractivity contribution in [3.8, 4) is 6.07 Å². The minimum Gasteiger partial charge on any atom is -0.369 e. The van der Waals surface area contributed by atoms with E-state index in [0.717, 1.165) is 54.4 Å². The molecule has 4 aromatic rings. The summed E-state index contributed by atoms with van der Waals surface area (Å²) in [7, 11) is 0. The van der Waals surface area contributed by atoms with E-state index in [1.807, 2.05) is 36.4 Å². The predicted octanol–water partition coefficient (Wildman–Crippen LogP) is 5.67. The molecule has 2 fully saturated rings. The van der Waals surface area contributed by atoms with Crippen molar-refractivity contribution in [3.63, 3.8) is 0 Å². The normalized spacial score (nSPS) is 18.5. The quantitative estimate of drug-likeness (QED) is 0.294. The minimum absolute atomic E-state index is 0.200. The van der Waals surface area contributed by atoms with Crippen LogP contribution in [0.1, 0.15) is 58.3 Å². The molecule has 220 valence electrons. The van der Waals surface area contributed by atoms with Crippen LogP contribution in [0.25, 0.3) is 10.8 Å². The first-order chi connectivity index (χ1) is 21.4. The molecule has 7 rings (SSSR count). The summed E-state index contributed by atoms with van der Waals surface area (Å²) >= 11 is 0. The van der Waals surface area contributed by atoms with Gasteiger partial charge in [0.1, 0.15) is 11.9 Å². The topological polar surface area (TPSA) is 93.5 Å². The maximum Gasteiger partial charge on any atom is 0.259 e. The van der Waals surface area contributed by atoms with E-state index in [4.69, 9.17) is 5.26 Å². The molecular formula is C36H31FN4O3. The summed E-state index contributed by atoms with van der Waals surface area (Å²) in [6, 6.07) is 24.4. The van der Waals surface area contributed by atoms with Crippen LogP contribution in [0.3, 0.4) is 0 Å². The Kier molecular flexibility index (Phi) is 7.09. The molecule has 2 saturated heterocycles. The van der Waals surface area contributed by atoms with E-state index in [9.17, 15) is 18.8 Å². The molecule has 0 radical (unpaired) electrons. The van der Waals surface area contributed by atoms with Crippen molar-refractivity contribution in [2.45, 2.75) is 44.6 Å². The fourth-order valence-electron chi connectivity index (χ4n) is 7.02. The molecule has 1 unspecified atom stereocenters. The van der Waals surface area contributed by atoms with E-state index in [0.29, 0.717) is 35.6 Å². The number of halogens is 1. The van der Waals surface area contributed by atoms with Gasteiger partial charge in [-0.2, -0.15) is 5.26 Å². The summed E-state index contributed by atoms with van der Waals surface area (Å²) in [5, 5.41) is 13.2. The lowest BCUT2D eigenvalue weighted by Crippen LogP contribution is -2.53. The number of nitrogens with zero attached hydrogens (tertiary/aromatic N) is 3. The van der Waals surface area contributed by atoms with Crippen LogP contribution in [0, 0.1) is 23.1 Å². The van der Waals surface area contributed by atoms with Gasteiger partial charge < -0.3 is 4.90 Å². The van der Waals surface area contributed by atoms with Crippen molar-refractivity contribution >= 4 is 39.9 Å². The lowest BCUT2D eigenvalue weighted by Gasteiger charge is -2.34. The highest BCUT2D eigenvalue weighted by Gasteiger charge is 2.40. The van der Waals surface area contributed by atoms with Crippen molar-refractivity contribution < 1.29 is 18.8 Å². The molecule has 0 aromatic heterocycles. The van der Waals surface area contributed by atoms with Crippen LogP contribution in [0.2, 0.25) is 0 Å². The number of carbonyl (C=O) groups excluding carboxylic acids is 3. The van der Waals surface area contributed by atoms with Crippen molar-refractivity contribution in [2.75, 3.05) is 22.9 Å². The number of piperidine rings is 2. The fraction of sp³-hybridized carbons (Fsp3) is 0.278. The zero-order valence-electron chi connectivity index (χ0n) is 24.2. The van der Waals surface area contributed by atoms with Gasteiger partial charge >= 0.3 is 0 Å². The predicted molar refractivity (Wildman–Crippen MR) is 166 cm³/mol. The molecule has 1 atom stereocenters. The van der Waals surface area contributed by atoms with E-state index in [1.165, 1.54) is 17.2 Å². The number of nitrogens with one attached hydrogen (secondary N) is 1. The number of imide groups is 1. The molecule has 3 aliphatic rings. The number of hydrogen-bond donors (Lipinski definition) is 1. The molecule has 3 aliphatic heterocycles. The maximum absolute atomic E-state index is 14.5. The molecule has 1 N–H and O–H groups in total. The summed E-state index contributed by atoms with van der Waals surface area (Å²) in [5.74, 6) is -0.736. The van der Waals surface area contributed by atoms with E-state index < -0.39 is 11.9 Å². The van der Waals surface area contributed by atoms with Crippen LogP contribution in [-0.4, -0.2) is 36.9 Å². The Morgan fingerprint density at radius 3 is 2.36 bits per heavy atom. The smallest absolute Gasteiger partial charge is 0.259 e. The van der Waals surface area contributed by atoms with Gasteiger partial charge in [0, 0.05) is 30.5 Å². The molecule has 7 nitrogen and oxygen atoms in total. The lowest BCUT2D eigenvalue weighted by atomic mass is 9.89. The van der Waals surface area contributed by atoms with Gasteiger partial charge in [-0.3, -0.25) is 24.6 Å². The Labute approximate surface area is 254 Å². The van der Waals surface area contributed by atoms with Gasteiger partial charge in [0.15, 0.2) is 0 Å². The largest absolute Gasteiger partial charge is 0.369 e. The summed E-state index contributed by atoms with van der Waals surface area (Å²) < 4.78 is 14.5. The van der Waals surface area contributed by atoms with Crippen LogP contribution in [0.4, 0.5) is 15.8 Å². The Morgan fingerprint density at radius 1 is 0.886 bits per heavy atom. The third kappa shape index (κ3) is 4.98. The fourth-order valence-corrected chi connectivity index (χ4v) is 7.02. The molecule has 3 amide bonds. The molecule has 0 aliphatic carbocycles. The van der Waals surface area contributed by atoms with Crippen molar-refractivity contribution in [1.82, 2.24) is 5.32 Å². The second kappa shape index (κ2) is 11.2. The summed E-state index contributed by atoms with van der Waals surface area (Å²) in [4.78, 5) is 41.4. The number of anilines is 2. The highest BCUT2D eigenvalue weighted by Crippen LogP contribution is 2.41. The molecule has 44 heavy (non-hydrogen) atoms. The van der Waals surface area contributed by atoms with Crippen LogP contribution in [0.15, 0.2) is 72.8 Å². The third-order valence-electron chi connectivity index (χ3n) is 9.31. The third-order valence-corrected chi connectivity index (χ3v) is 9.31. The van der Waals surface area contributed by atoms with E-state index in [2.05, 4.69) is 34.5 Å². The summed E-state index contributed by atoms with van der Waals surface area (Å²) in [6.07, 6.45) is 4.18. The molecule has 8 heteroatoms. The highest BCUT2D eigenvalue weighted by atomic mass is 19.1. The van der Waals surface area contributed by atoms with Gasteiger partial charge in [-0.15, -0.1) is 0 Å². The van der Waals surface area contributed by atoms with Gasteiger partial charge in [-0.1, -0.05) is 42.5 Å². The first-order valence-electron chi connectivity index (χ1n) is 15.1. The van der Waals surface area contributed by atoms with Gasteiger partial charge in [-0.25, -0.2) is 4.39 Å². The average Bonchev–Trinajstić information content (AvgIpc) is 3.32. The molecule has 0 bridgehead atoms. The van der Waals surface area contributed by atoms with Crippen LogP contribution in [0.5, 0.6) is 0 Å². The SMILES string of the molecule is N#Cc1ccc(N2CCC(Cc3ccc(Cc4ccc5c6c(cccc46)C(=O)N5C4CCC(=O)NC4=O)cc3)CC2)c(F)c1. The van der Waals surface area contributed by atoms with Crippen molar-refractivity contribution in [2.24, 2.45) is 5.92 Å². The van der Waals surface area contributed by atoms with Crippen molar-refractivity contribution in [1.29, 1.82) is 5.26 Å². The molecule has 3 heterocycles. The highest BCUT2D eigenvalue weighted by molar-refractivity contribution is 6.27. The number of hydrogen-bond acceptors (Lipinski definition) is 5. The zero-order valence-corrected chi connectivity index (χ0v) is 24.2.